The summed E-state index contributed by atoms with van der Waals surface area (Å²) in [6.45, 7) is 6.30. The minimum Gasteiger partial charge on any atom is -0.341 e. The van der Waals surface area contributed by atoms with Crippen LogP contribution in [-0.2, 0) is 0 Å². The van der Waals surface area contributed by atoms with Crippen LogP contribution >= 0.6 is 0 Å². The first-order valence-electron chi connectivity index (χ1n) is 5.10. The summed E-state index contributed by atoms with van der Waals surface area (Å²) in [6.07, 6.45) is 2.38. The van der Waals surface area contributed by atoms with Crippen LogP contribution in [0.5, 0.6) is 0 Å². The van der Waals surface area contributed by atoms with Crippen LogP contribution in [0.2, 0.25) is 0 Å². The number of nitrogens with zero attached hydrogens (tertiary/aromatic N) is 1. The number of amides is 2. The molecular formula is C10H20N2O. The lowest BCUT2D eigenvalue weighted by Crippen LogP contribution is -2.40. The van der Waals surface area contributed by atoms with E-state index in [9.17, 15) is 4.79 Å². The van der Waals surface area contributed by atoms with Crippen molar-refractivity contribution in [3.05, 3.63) is 0 Å². The monoisotopic (exact) mass is 184 g/mol. The zero-order valence-corrected chi connectivity index (χ0v) is 8.84. The van der Waals surface area contributed by atoms with Gasteiger partial charge in [-0.3, -0.25) is 0 Å². The van der Waals surface area contributed by atoms with Crippen molar-refractivity contribution >= 4 is 6.03 Å². The third kappa shape index (κ3) is 2.90. The molecule has 3 heteroatoms. The second kappa shape index (κ2) is 4.49. The largest absolute Gasteiger partial charge is 0.341 e. The van der Waals surface area contributed by atoms with Gasteiger partial charge < -0.3 is 10.2 Å². The van der Waals surface area contributed by atoms with E-state index in [1.165, 1.54) is 6.42 Å². The van der Waals surface area contributed by atoms with Crippen LogP contribution in [0.4, 0.5) is 4.79 Å². The maximum absolute atomic E-state index is 11.4. The predicted molar refractivity (Wildman–Crippen MR) is 53.6 cm³/mol. The van der Waals surface area contributed by atoms with Crippen LogP contribution in [-0.4, -0.2) is 31.1 Å². The maximum atomic E-state index is 11.4. The lowest BCUT2D eigenvalue weighted by Gasteiger charge is -2.21. The van der Waals surface area contributed by atoms with Crippen LogP contribution in [0.15, 0.2) is 0 Å². The van der Waals surface area contributed by atoms with E-state index in [1.54, 1.807) is 7.05 Å². The van der Waals surface area contributed by atoms with Gasteiger partial charge in [0.2, 0.25) is 0 Å². The Morgan fingerprint density at radius 3 is 2.69 bits per heavy atom. The van der Waals surface area contributed by atoms with Crippen molar-refractivity contribution in [2.75, 3.05) is 20.1 Å². The summed E-state index contributed by atoms with van der Waals surface area (Å²) >= 11 is 0. The molecule has 2 atom stereocenters. The summed E-state index contributed by atoms with van der Waals surface area (Å²) in [7, 11) is 1.70. The highest BCUT2D eigenvalue weighted by Crippen LogP contribution is 2.20. The van der Waals surface area contributed by atoms with Crippen LogP contribution < -0.4 is 5.32 Å². The summed E-state index contributed by atoms with van der Waals surface area (Å²) < 4.78 is 0. The standard InChI is InChI=1S/C10H20N2O/c1-8-4-5-12(10(13)11-3)7-9(2)6-8/h8-9H,4-7H2,1-3H3,(H,11,13). The molecule has 1 rings (SSSR count). The topological polar surface area (TPSA) is 32.3 Å². The second-order valence-corrected chi connectivity index (χ2v) is 4.24. The van der Waals surface area contributed by atoms with Crippen molar-refractivity contribution in [3.8, 4) is 0 Å². The number of urea groups is 1. The Hall–Kier alpha value is -0.730. The van der Waals surface area contributed by atoms with E-state index in [-0.39, 0.29) is 6.03 Å². The first-order chi connectivity index (χ1) is 6.13. The Bertz CT molecular complexity index is 182. The van der Waals surface area contributed by atoms with Crippen molar-refractivity contribution in [2.24, 2.45) is 11.8 Å². The summed E-state index contributed by atoms with van der Waals surface area (Å²) in [5.74, 6) is 1.39. The number of nitrogens with one attached hydrogen (secondary N) is 1. The van der Waals surface area contributed by atoms with Crippen molar-refractivity contribution in [1.82, 2.24) is 10.2 Å². The Morgan fingerprint density at radius 1 is 1.38 bits per heavy atom. The highest BCUT2D eigenvalue weighted by molar-refractivity contribution is 5.73. The molecule has 3 nitrogen and oxygen atoms in total. The quantitative estimate of drug-likeness (QED) is 0.610. The second-order valence-electron chi connectivity index (χ2n) is 4.24. The summed E-state index contributed by atoms with van der Waals surface area (Å²) in [5.41, 5.74) is 0. The number of hydrogen-bond acceptors (Lipinski definition) is 1. The zero-order chi connectivity index (χ0) is 9.84. The van der Waals surface area contributed by atoms with Crippen LogP contribution in [0.1, 0.15) is 26.7 Å². The first-order valence-corrected chi connectivity index (χ1v) is 5.10. The van der Waals surface area contributed by atoms with E-state index >= 15 is 0 Å². The lowest BCUT2D eigenvalue weighted by molar-refractivity contribution is 0.196. The van der Waals surface area contributed by atoms with Gasteiger partial charge >= 0.3 is 6.03 Å². The fraction of sp³-hybridized carbons (Fsp3) is 0.900. The molecule has 2 amide bonds. The van der Waals surface area contributed by atoms with E-state index in [1.807, 2.05) is 4.90 Å². The molecule has 0 aromatic heterocycles. The molecule has 1 saturated heterocycles. The molecule has 13 heavy (non-hydrogen) atoms. The van der Waals surface area contributed by atoms with Crippen molar-refractivity contribution in [2.45, 2.75) is 26.7 Å². The van der Waals surface area contributed by atoms with Crippen molar-refractivity contribution in [3.63, 3.8) is 0 Å². The Morgan fingerprint density at radius 2 is 2.08 bits per heavy atom. The minimum absolute atomic E-state index is 0.0703. The molecule has 1 heterocycles. The van der Waals surface area contributed by atoms with Gasteiger partial charge in [0.15, 0.2) is 0 Å². The smallest absolute Gasteiger partial charge is 0.317 e. The Kier molecular flexibility index (Phi) is 3.58. The van der Waals surface area contributed by atoms with E-state index < -0.39 is 0 Å². The summed E-state index contributed by atoms with van der Waals surface area (Å²) in [4.78, 5) is 13.3. The minimum atomic E-state index is 0.0703. The number of rotatable bonds is 0. The fourth-order valence-corrected chi connectivity index (χ4v) is 2.07. The summed E-state index contributed by atoms with van der Waals surface area (Å²) in [5, 5.41) is 2.68. The highest BCUT2D eigenvalue weighted by atomic mass is 16.2. The van der Waals surface area contributed by atoms with Crippen molar-refractivity contribution in [1.29, 1.82) is 0 Å². The zero-order valence-electron chi connectivity index (χ0n) is 8.84. The number of carbonyl (C=O) groups is 1. The highest BCUT2D eigenvalue weighted by Gasteiger charge is 2.21. The lowest BCUT2D eigenvalue weighted by atomic mass is 9.97. The summed E-state index contributed by atoms with van der Waals surface area (Å²) in [6, 6.07) is 0.0703. The molecule has 0 aromatic rings. The molecule has 1 N–H and O–H groups in total. The van der Waals surface area contributed by atoms with Gasteiger partial charge in [0.05, 0.1) is 0 Å². The Balaban J connectivity index is 2.52. The van der Waals surface area contributed by atoms with Crippen LogP contribution in [0.25, 0.3) is 0 Å². The SMILES string of the molecule is CNC(=O)N1CCC(C)CC(C)C1. The van der Waals surface area contributed by atoms with Gasteiger partial charge in [-0.2, -0.15) is 0 Å². The third-order valence-electron chi connectivity index (χ3n) is 2.73. The van der Waals surface area contributed by atoms with Gasteiger partial charge in [-0.15, -0.1) is 0 Å². The Labute approximate surface area is 80.5 Å². The molecule has 0 saturated carbocycles. The third-order valence-corrected chi connectivity index (χ3v) is 2.73. The van der Waals surface area contributed by atoms with E-state index in [4.69, 9.17) is 0 Å². The maximum Gasteiger partial charge on any atom is 0.317 e. The number of carbonyl (C=O) groups excluding carboxylic acids is 1. The van der Waals surface area contributed by atoms with Crippen LogP contribution in [0.3, 0.4) is 0 Å². The first kappa shape index (κ1) is 10.4. The van der Waals surface area contributed by atoms with E-state index in [0.29, 0.717) is 5.92 Å². The predicted octanol–water partition coefficient (Wildman–Crippen LogP) is 1.69. The molecule has 1 aliphatic rings. The fourth-order valence-electron chi connectivity index (χ4n) is 2.07. The van der Waals surface area contributed by atoms with Crippen molar-refractivity contribution < 1.29 is 4.79 Å². The van der Waals surface area contributed by atoms with Crippen LogP contribution in [0, 0.1) is 11.8 Å². The van der Waals surface area contributed by atoms with E-state index in [2.05, 4.69) is 19.2 Å². The van der Waals surface area contributed by atoms with Gasteiger partial charge in [0, 0.05) is 20.1 Å². The van der Waals surface area contributed by atoms with E-state index in [0.717, 1.165) is 25.4 Å². The average Bonchev–Trinajstić information content (AvgIpc) is 2.25. The van der Waals surface area contributed by atoms with Gasteiger partial charge in [-0.25, -0.2) is 4.79 Å². The van der Waals surface area contributed by atoms with Gasteiger partial charge in [-0.1, -0.05) is 13.8 Å². The molecule has 2 unspecified atom stereocenters. The molecule has 1 aliphatic heterocycles. The molecule has 0 aromatic carbocycles. The van der Waals surface area contributed by atoms with Gasteiger partial charge in [-0.05, 0) is 24.7 Å². The molecule has 0 spiro atoms. The van der Waals surface area contributed by atoms with Gasteiger partial charge in [0.1, 0.15) is 0 Å². The molecular weight excluding hydrogens is 164 g/mol. The molecule has 1 fully saturated rings. The average molecular weight is 184 g/mol. The normalized spacial score (nSPS) is 29.6. The molecule has 0 aliphatic carbocycles. The number of hydrogen-bond donors (Lipinski definition) is 1. The molecule has 0 radical (unpaired) electrons. The number of likely N-dealkylation sites (tertiary alicyclic amines) is 1. The molecule has 0 bridgehead atoms. The molecule has 76 valence electrons. The van der Waals surface area contributed by atoms with Gasteiger partial charge in [0.25, 0.3) is 0 Å².